The van der Waals surface area contributed by atoms with Gasteiger partial charge in [-0.3, -0.25) is 9.88 Å². The molecule has 212 valence electrons. The number of aromatic amines is 1. The van der Waals surface area contributed by atoms with Gasteiger partial charge in [0, 0.05) is 50.4 Å². The van der Waals surface area contributed by atoms with Crippen LogP contribution in [0, 0.1) is 5.82 Å². The van der Waals surface area contributed by atoms with Gasteiger partial charge in [0.2, 0.25) is 5.95 Å². The van der Waals surface area contributed by atoms with Gasteiger partial charge in [-0.15, -0.1) is 0 Å². The summed E-state index contributed by atoms with van der Waals surface area (Å²) in [6, 6.07) is 8.80. The number of pyridine rings is 1. The molecule has 3 atom stereocenters. The average Bonchev–Trinajstić information content (AvgIpc) is 3.38. The largest absolute Gasteiger partial charge is 0.387 e. The van der Waals surface area contributed by atoms with Crippen LogP contribution in [-0.2, 0) is 4.74 Å². The number of anilines is 3. The molecule has 11 nitrogen and oxygen atoms in total. The first kappa shape index (κ1) is 27.9. The molecule has 3 aromatic heterocycles. The zero-order chi connectivity index (χ0) is 28.2. The Morgan fingerprint density at radius 3 is 2.60 bits per heavy atom. The van der Waals surface area contributed by atoms with Crippen LogP contribution in [-0.4, -0.2) is 99.2 Å². The van der Waals surface area contributed by atoms with Crippen LogP contribution in [0.25, 0.3) is 22.2 Å². The number of para-hydroxylation sites is 1. The predicted octanol–water partition coefficient (Wildman–Crippen LogP) is 2.95. The lowest BCUT2D eigenvalue weighted by atomic mass is 10.1. The maximum Gasteiger partial charge on any atom is 0.227 e. The number of aromatic nitrogens is 4. The van der Waals surface area contributed by atoms with E-state index in [0.29, 0.717) is 29.2 Å². The highest BCUT2D eigenvalue weighted by Crippen LogP contribution is 2.33. The zero-order valence-corrected chi connectivity index (χ0v) is 22.8. The molecule has 1 saturated heterocycles. The third-order valence-corrected chi connectivity index (χ3v) is 7.20. The SMILES string of the molecule is COC[C@H](C(O)Nc1cccc2c(-c3nc(Nc4ccc([C@@H](C)O)nc4)ncc3F)c[nH]c12)N1CCN(C)CC1. The summed E-state index contributed by atoms with van der Waals surface area (Å²) in [5.74, 6) is -0.362. The van der Waals surface area contributed by atoms with Crippen LogP contribution in [0.3, 0.4) is 0 Å². The lowest BCUT2D eigenvalue weighted by molar-refractivity contribution is -0.00377. The fourth-order valence-corrected chi connectivity index (χ4v) is 4.92. The Hall–Kier alpha value is -3.68. The van der Waals surface area contributed by atoms with Gasteiger partial charge in [-0.25, -0.2) is 14.4 Å². The number of fused-ring (bicyclic) bond motifs is 1. The summed E-state index contributed by atoms with van der Waals surface area (Å²) in [4.78, 5) is 20.4. The third kappa shape index (κ3) is 6.06. The maximum atomic E-state index is 15.0. The number of piperazine rings is 1. The first-order valence-electron chi connectivity index (χ1n) is 13.2. The van der Waals surface area contributed by atoms with Crippen molar-refractivity contribution in [3.05, 3.63) is 60.4 Å². The van der Waals surface area contributed by atoms with Crippen LogP contribution in [0.4, 0.5) is 21.7 Å². The number of aliphatic hydroxyl groups excluding tert-OH is 2. The molecule has 0 aliphatic carbocycles. The molecular formula is C28H35FN8O3. The number of methoxy groups -OCH3 is 1. The molecule has 1 unspecified atom stereocenters. The van der Waals surface area contributed by atoms with E-state index in [1.54, 1.807) is 38.6 Å². The summed E-state index contributed by atoms with van der Waals surface area (Å²) in [6.45, 7) is 5.54. The number of rotatable bonds is 10. The van der Waals surface area contributed by atoms with Gasteiger partial charge in [0.15, 0.2) is 5.82 Å². The molecule has 0 radical (unpaired) electrons. The summed E-state index contributed by atoms with van der Waals surface area (Å²) in [5, 5.41) is 27.9. The van der Waals surface area contributed by atoms with Crippen molar-refractivity contribution >= 4 is 28.2 Å². The van der Waals surface area contributed by atoms with Gasteiger partial charge in [0.05, 0.1) is 53.7 Å². The molecule has 4 heterocycles. The number of nitrogens with zero attached hydrogens (tertiary/aromatic N) is 5. The van der Waals surface area contributed by atoms with Crippen LogP contribution in [0.1, 0.15) is 18.7 Å². The standard InChI is InChI=1S/C28H35FN8O3/c1-17(38)22-8-7-18(13-30-22)33-28-32-15-21(29)25(35-28)20-14-31-26-19(20)5-4-6-23(26)34-27(39)24(16-40-3)37-11-9-36(2)10-12-37/h4-8,13-15,17,24,27,31,34,38-39H,9-12,16H2,1-3H3,(H,32,33,35)/t17-,24-,27?/m1/s1. The maximum absolute atomic E-state index is 15.0. The lowest BCUT2D eigenvalue weighted by Gasteiger charge is -2.39. The van der Waals surface area contributed by atoms with Crippen LogP contribution < -0.4 is 10.6 Å². The monoisotopic (exact) mass is 550 g/mol. The van der Waals surface area contributed by atoms with Crippen molar-refractivity contribution in [2.45, 2.75) is 25.3 Å². The Morgan fingerprint density at radius 2 is 1.90 bits per heavy atom. The minimum Gasteiger partial charge on any atom is -0.387 e. The summed E-state index contributed by atoms with van der Waals surface area (Å²) < 4.78 is 20.4. The molecular weight excluding hydrogens is 515 g/mol. The van der Waals surface area contributed by atoms with Crippen LogP contribution in [0.15, 0.2) is 48.9 Å². The van der Waals surface area contributed by atoms with E-state index in [2.05, 4.69) is 47.4 Å². The van der Waals surface area contributed by atoms with E-state index in [1.807, 2.05) is 18.2 Å². The number of halogens is 1. The number of nitrogens with one attached hydrogen (secondary N) is 3. The number of hydrogen-bond donors (Lipinski definition) is 5. The van der Waals surface area contributed by atoms with Gasteiger partial charge < -0.3 is 35.5 Å². The van der Waals surface area contributed by atoms with E-state index in [-0.39, 0.29) is 17.7 Å². The van der Waals surface area contributed by atoms with E-state index in [4.69, 9.17) is 4.74 Å². The molecule has 5 rings (SSSR count). The molecule has 0 bridgehead atoms. The topological polar surface area (TPSA) is 135 Å². The number of H-pyrrole nitrogens is 1. The van der Waals surface area contributed by atoms with E-state index in [1.165, 1.54) is 0 Å². The van der Waals surface area contributed by atoms with Gasteiger partial charge in [0.1, 0.15) is 11.9 Å². The first-order valence-corrected chi connectivity index (χ1v) is 13.2. The summed E-state index contributed by atoms with van der Waals surface area (Å²) in [5.41, 5.74) is 3.24. The van der Waals surface area contributed by atoms with E-state index >= 15 is 0 Å². The van der Waals surface area contributed by atoms with Gasteiger partial charge in [-0.1, -0.05) is 12.1 Å². The Kier molecular flexibility index (Phi) is 8.52. The molecule has 1 aliphatic rings. The van der Waals surface area contributed by atoms with Gasteiger partial charge in [-0.05, 0) is 32.2 Å². The molecule has 4 aromatic rings. The number of benzene rings is 1. The first-order chi connectivity index (χ1) is 19.3. The zero-order valence-electron chi connectivity index (χ0n) is 22.8. The summed E-state index contributed by atoms with van der Waals surface area (Å²) >= 11 is 0. The third-order valence-electron chi connectivity index (χ3n) is 7.20. The highest BCUT2D eigenvalue weighted by Gasteiger charge is 2.29. The van der Waals surface area contributed by atoms with Crippen molar-refractivity contribution in [2.75, 3.05) is 57.6 Å². The normalized spacial score (nSPS) is 17.1. The smallest absolute Gasteiger partial charge is 0.227 e. The second kappa shape index (κ2) is 12.2. The van der Waals surface area contributed by atoms with Crippen molar-refractivity contribution in [3.8, 4) is 11.3 Å². The van der Waals surface area contributed by atoms with Gasteiger partial charge in [-0.2, -0.15) is 0 Å². The van der Waals surface area contributed by atoms with Gasteiger partial charge in [0.25, 0.3) is 0 Å². The summed E-state index contributed by atoms with van der Waals surface area (Å²) in [6.07, 6.45) is 2.81. The molecule has 5 N–H and O–H groups in total. The molecule has 1 fully saturated rings. The minimum absolute atomic E-state index is 0.129. The highest BCUT2D eigenvalue weighted by molar-refractivity contribution is 6.01. The second-order valence-corrected chi connectivity index (χ2v) is 10.0. The Labute approximate surface area is 232 Å². The van der Waals surface area contributed by atoms with E-state index < -0.39 is 18.1 Å². The van der Waals surface area contributed by atoms with Crippen molar-refractivity contribution in [1.29, 1.82) is 0 Å². The molecule has 12 heteroatoms. The van der Waals surface area contributed by atoms with Crippen LogP contribution >= 0.6 is 0 Å². The van der Waals surface area contributed by atoms with Gasteiger partial charge >= 0.3 is 0 Å². The van der Waals surface area contributed by atoms with Crippen LogP contribution in [0.5, 0.6) is 0 Å². The Morgan fingerprint density at radius 1 is 1.10 bits per heavy atom. The quantitative estimate of drug-likeness (QED) is 0.188. The lowest BCUT2D eigenvalue weighted by Crippen LogP contribution is -2.56. The van der Waals surface area contributed by atoms with Crippen molar-refractivity contribution in [3.63, 3.8) is 0 Å². The second-order valence-electron chi connectivity index (χ2n) is 10.0. The molecule has 40 heavy (non-hydrogen) atoms. The van der Waals surface area contributed by atoms with E-state index in [9.17, 15) is 14.6 Å². The Bertz CT molecular complexity index is 1420. The minimum atomic E-state index is -0.888. The highest BCUT2D eigenvalue weighted by atomic mass is 19.1. The average molecular weight is 551 g/mol. The van der Waals surface area contributed by atoms with Crippen molar-refractivity contribution in [2.24, 2.45) is 0 Å². The molecule has 0 spiro atoms. The number of hydrogen-bond acceptors (Lipinski definition) is 10. The van der Waals surface area contributed by atoms with E-state index in [0.717, 1.165) is 43.3 Å². The molecule has 1 aliphatic heterocycles. The predicted molar refractivity (Wildman–Crippen MR) is 152 cm³/mol. The Balaban J connectivity index is 1.38. The number of aliphatic hydroxyl groups is 2. The van der Waals surface area contributed by atoms with Crippen molar-refractivity contribution < 1.29 is 19.3 Å². The fourth-order valence-electron chi connectivity index (χ4n) is 4.92. The van der Waals surface area contributed by atoms with Crippen LogP contribution in [0.2, 0.25) is 0 Å². The molecule has 0 saturated carbocycles. The number of ether oxygens (including phenoxy) is 1. The molecule has 1 aromatic carbocycles. The summed E-state index contributed by atoms with van der Waals surface area (Å²) in [7, 11) is 3.72. The number of likely N-dealkylation sites (N-methyl/N-ethyl adjacent to an activating group) is 1. The van der Waals surface area contributed by atoms with Crippen molar-refractivity contribution in [1.82, 2.24) is 29.7 Å². The fraction of sp³-hybridized carbons (Fsp3) is 0.393. The molecule has 0 amide bonds.